The number of cyclic esters (lactones) is 2. The van der Waals surface area contributed by atoms with Gasteiger partial charge in [-0.2, -0.15) is 0 Å². The Bertz CT molecular complexity index is 365. The molecule has 6 heteroatoms. The summed E-state index contributed by atoms with van der Waals surface area (Å²) in [7, 11) is 0. The van der Waals surface area contributed by atoms with Gasteiger partial charge in [-0.25, -0.2) is 9.59 Å². The molecule has 24 heavy (non-hydrogen) atoms. The number of carbonyl (C=O) groups excluding carboxylic acids is 2. The van der Waals surface area contributed by atoms with Crippen molar-refractivity contribution in [3.8, 4) is 0 Å². The quantitative estimate of drug-likeness (QED) is 0.231. The monoisotopic (exact) mass is 360 g/mol. The lowest BCUT2D eigenvalue weighted by Gasteiger charge is -2.39. The van der Waals surface area contributed by atoms with Crippen molar-refractivity contribution in [3.05, 3.63) is 0 Å². The maximum atomic E-state index is 12.6. The van der Waals surface area contributed by atoms with E-state index in [-0.39, 0.29) is 11.0 Å². The fraction of sp³-hybridized carbons (Fsp3) is 0.889. The van der Waals surface area contributed by atoms with Crippen LogP contribution in [0.3, 0.4) is 0 Å². The van der Waals surface area contributed by atoms with Crippen LogP contribution in [0.15, 0.2) is 0 Å². The van der Waals surface area contributed by atoms with E-state index < -0.39 is 23.1 Å². The molecule has 1 rings (SSSR count). The van der Waals surface area contributed by atoms with Gasteiger partial charge in [0.05, 0.1) is 0 Å². The van der Waals surface area contributed by atoms with Crippen molar-refractivity contribution in [1.82, 2.24) is 0 Å². The third-order valence-electron chi connectivity index (χ3n) is 4.39. The smallest absolute Gasteiger partial charge is 0.349 e. The predicted molar refractivity (Wildman–Crippen MR) is 99.4 cm³/mol. The van der Waals surface area contributed by atoms with Crippen LogP contribution in [0.1, 0.15) is 79.1 Å². The van der Waals surface area contributed by atoms with E-state index in [4.69, 9.17) is 14.2 Å². The molecule has 0 N–H and O–H groups in total. The van der Waals surface area contributed by atoms with Gasteiger partial charge in [0.1, 0.15) is 0 Å². The zero-order valence-electron chi connectivity index (χ0n) is 15.1. The first-order valence-electron chi connectivity index (χ1n) is 9.09. The van der Waals surface area contributed by atoms with Crippen molar-refractivity contribution < 1.29 is 23.8 Å². The summed E-state index contributed by atoms with van der Waals surface area (Å²) in [6.45, 7) is 8.94. The second-order valence-electron chi connectivity index (χ2n) is 6.24. The van der Waals surface area contributed by atoms with Crippen molar-refractivity contribution in [1.29, 1.82) is 0 Å². The topological polar surface area (TPSA) is 61.8 Å². The minimum Gasteiger partial charge on any atom is -0.389 e. The fourth-order valence-electron chi connectivity index (χ4n) is 3.17. The third kappa shape index (κ3) is 4.46. The zero-order chi connectivity index (χ0) is 17.3. The summed E-state index contributed by atoms with van der Waals surface area (Å²) < 4.78 is 17.1. The van der Waals surface area contributed by atoms with E-state index in [0.717, 1.165) is 38.5 Å². The molecule has 1 heterocycles. The Balaban J connectivity index is 0.00000529. The van der Waals surface area contributed by atoms with Crippen LogP contribution in [0.4, 0.5) is 0 Å². The number of hydrogen-bond donors (Lipinski definition) is 0. The summed E-state index contributed by atoms with van der Waals surface area (Å²) in [5.74, 6) is -1.16. The number of unbranched alkanes of at least 4 members (excludes halogenated alkanes) is 2. The number of hydrogen-bond acceptors (Lipinski definition) is 5. The summed E-state index contributed by atoms with van der Waals surface area (Å²) in [6.07, 6.45) is 5.91. The molecule has 0 saturated carbocycles. The second-order valence-corrected chi connectivity index (χ2v) is 6.24. The molecule has 0 aromatic heterocycles. The first kappa shape index (κ1) is 23.3. The number of ether oxygens (including phenoxy) is 3. The van der Waals surface area contributed by atoms with Crippen molar-refractivity contribution in [2.24, 2.45) is 0 Å². The highest BCUT2D eigenvalue weighted by atomic mass is 28.1. The summed E-state index contributed by atoms with van der Waals surface area (Å²) >= 11 is 0. The Morgan fingerprint density at radius 1 is 0.750 bits per heavy atom. The van der Waals surface area contributed by atoms with Gasteiger partial charge in [0, 0.05) is 13.2 Å². The maximum absolute atomic E-state index is 12.6. The molecule has 0 aromatic carbocycles. The molecule has 5 nitrogen and oxygen atoms in total. The summed E-state index contributed by atoms with van der Waals surface area (Å²) in [6, 6.07) is 0. The Morgan fingerprint density at radius 2 is 1.12 bits per heavy atom. The molecule has 1 aliphatic heterocycles. The van der Waals surface area contributed by atoms with Gasteiger partial charge in [0.2, 0.25) is 11.2 Å². The van der Waals surface area contributed by atoms with E-state index in [9.17, 15) is 9.59 Å². The minimum atomic E-state index is -1.29. The third-order valence-corrected chi connectivity index (χ3v) is 4.39. The van der Waals surface area contributed by atoms with Gasteiger partial charge in [-0.15, -0.1) is 0 Å². The first-order valence-corrected chi connectivity index (χ1v) is 9.09. The first-order chi connectivity index (χ1) is 11.0. The average Bonchev–Trinajstić information content (AvgIpc) is 2.71. The Morgan fingerprint density at radius 3 is 1.42 bits per heavy atom. The minimum absolute atomic E-state index is 0. The van der Waals surface area contributed by atoms with Crippen LogP contribution in [0.25, 0.3) is 0 Å². The van der Waals surface area contributed by atoms with E-state index in [1.807, 2.05) is 13.8 Å². The van der Waals surface area contributed by atoms with Crippen LogP contribution < -0.4 is 0 Å². The van der Waals surface area contributed by atoms with E-state index in [1.165, 1.54) is 0 Å². The largest absolute Gasteiger partial charge is 0.389 e. The fourth-order valence-corrected chi connectivity index (χ4v) is 3.17. The highest BCUT2D eigenvalue weighted by molar-refractivity contribution is 6.05. The molecule has 0 spiro atoms. The molecule has 0 aliphatic carbocycles. The van der Waals surface area contributed by atoms with Gasteiger partial charge in [-0.05, 0) is 36.6 Å². The number of esters is 2. The van der Waals surface area contributed by atoms with Crippen LogP contribution in [-0.2, 0) is 23.8 Å². The molecule has 1 fully saturated rings. The van der Waals surface area contributed by atoms with Crippen LogP contribution in [0.2, 0.25) is 0 Å². The lowest BCUT2D eigenvalue weighted by Crippen LogP contribution is -2.60. The molecule has 2 unspecified atom stereocenters. The zero-order valence-corrected chi connectivity index (χ0v) is 15.1. The van der Waals surface area contributed by atoms with Crippen molar-refractivity contribution in [2.75, 3.05) is 13.2 Å². The predicted octanol–water partition coefficient (Wildman–Crippen LogP) is 2.33. The second kappa shape index (κ2) is 11.0. The molecule has 0 radical (unpaired) electrons. The molecule has 0 amide bonds. The number of rotatable bonds is 12. The standard InChI is InChI=1S/C18H32O5.H4Si/c1-5-9-13-21-17(11-7-3)15(19)23-16(20)18(17,12-8-4)22-14-10-6-2;/h5-14H2,1-4H3;1H4. The van der Waals surface area contributed by atoms with Crippen LogP contribution in [0, 0.1) is 0 Å². The maximum Gasteiger partial charge on any atom is 0.349 e. The van der Waals surface area contributed by atoms with Crippen LogP contribution in [0.5, 0.6) is 0 Å². The van der Waals surface area contributed by atoms with E-state index >= 15 is 0 Å². The molecule has 2 atom stereocenters. The van der Waals surface area contributed by atoms with Gasteiger partial charge in [0.15, 0.2) is 0 Å². The van der Waals surface area contributed by atoms with E-state index in [1.54, 1.807) is 0 Å². The van der Waals surface area contributed by atoms with Crippen molar-refractivity contribution >= 4 is 22.9 Å². The molecular weight excluding hydrogens is 324 g/mol. The van der Waals surface area contributed by atoms with Gasteiger partial charge in [-0.1, -0.05) is 53.4 Å². The van der Waals surface area contributed by atoms with Gasteiger partial charge < -0.3 is 14.2 Å². The lowest BCUT2D eigenvalue weighted by molar-refractivity contribution is -0.201. The lowest BCUT2D eigenvalue weighted by atomic mass is 9.77. The van der Waals surface area contributed by atoms with Crippen molar-refractivity contribution in [3.63, 3.8) is 0 Å². The molecule has 142 valence electrons. The average molecular weight is 361 g/mol. The molecule has 0 aromatic rings. The Hall–Kier alpha value is -0.723. The number of carbonyl (C=O) groups is 2. The highest BCUT2D eigenvalue weighted by Gasteiger charge is 2.70. The summed E-state index contributed by atoms with van der Waals surface area (Å²) in [5.41, 5.74) is -2.59. The molecular formula is C18H36O5Si. The van der Waals surface area contributed by atoms with Crippen molar-refractivity contribution in [2.45, 2.75) is 90.3 Å². The van der Waals surface area contributed by atoms with Gasteiger partial charge in [-0.3, -0.25) is 0 Å². The van der Waals surface area contributed by atoms with Gasteiger partial charge >= 0.3 is 11.9 Å². The summed E-state index contributed by atoms with van der Waals surface area (Å²) in [5, 5.41) is 0. The normalized spacial score (nSPS) is 26.3. The van der Waals surface area contributed by atoms with E-state index in [0.29, 0.717) is 26.1 Å². The molecule has 1 aliphatic rings. The van der Waals surface area contributed by atoms with E-state index in [2.05, 4.69) is 13.8 Å². The van der Waals surface area contributed by atoms with Gasteiger partial charge in [0.25, 0.3) is 0 Å². The Labute approximate surface area is 150 Å². The SMILES string of the molecule is CCCCOC1(CCC)C(=O)OC(=O)C1(CCC)OCCCC.[SiH4]. The molecule has 1 saturated heterocycles. The summed E-state index contributed by atoms with van der Waals surface area (Å²) in [4.78, 5) is 25.1. The van der Waals surface area contributed by atoms with Crippen LogP contribution >= 0.6 is 0 Å². The molecule has 0 bridgehead atoms. The highest BCUT2D eigenvalue weighted by Crippen LogP contribution is 2.45. The Kier molecular flexibility index (Phi) is 10.7. The van der Waals surface area contributed by atoms with Crippen LogP contribution in [-0.4, -0.2) is 47.3 Å².